The molecule has 1 aromatic heterocycles. The zero-order chi connectivity index (χ0) is 23.3. The number of piperazine rings is 1. The first-order valence-corrected chi connectivity index (χ1v) is 9.65. The van der Waals surface area contributed by atoms with E-state index in [4.69, 9.17) is 16.2 Å². The van der Waals surface area contributed by atoms with Crippen LogP contribution in [-0.2, 0) is 11.3 Å². The molecule has 1 saturated heterocycles. The second-order valence-corrected chi connectivity index (χ2v) is 7.02. The van der Waals surface area contributed by atoms with Crippen LogP contribution in [0, 0.1) is 17.1 Å². The maximum Gasteiger partial charge on any atom is 0.413 e. The van der Waals surface area contributed by atoms with E-state index >= 15 is 4.39 Å². The van der Waals surface area contributed by atoms with Crippen molar-refractivity contribution < 1.29 is 18.7 Å². The third-order valence-corrected chi connectivity index (χ3v) is 4.89. The molecular weight excluding hydrogens is 417 g/mol. The van der Waals surface area contributed by atoms with E-state index in [1.54, 1.807) is 17.0 Å². The summed E-state index contributed by atoms with van der Waals surface area (Å²) in [5, 5.41) is 11.6. The number of alkyl carbamates (subject to hydrolysis) is 1. The summed E-state index contributed by atoms with van der Waals surface area (Å²) in [7, 11) is 0. The number of halogens is 1. The molecule has 2 amide bonds. The number of carbonyl (C=O) groups is 2. The smallest absolute Gasteiger partial charge is 0.413 e. The molecule has 10 nitrogen and oxygen atoms in total. The number of benzene rings is 1. The second kappa shape index (κ2) is 9.65. The average molecular weight is 439 g/mol. The highest BCUT2D eigenvalue weighted by Crippen LogP contribution is 2.29. The van der Waals surface area contributed by atoms with Gasteiger partial charge in [0.2, 0.25) is 5.91 Å². The standard InChI is InChI=1S/C21H22FN7O3/c1-13(24)27-21(31)32-12-16-3-2-14(10-23)19(18(16)22)29-8-6-28(7-9-29)17-5-4-15(11-26-17)20(25)30/h2-5,11H,1,6-9,12,24H2,(H2,25,30)(H,27,31). The van der Waals surface area contributed by atoms with E-state index in [9.17, 15) is 14.9 Å². The van der Waals surface area contributed by atoms with Gasteiger partial charge in [-0.15, -0.1) is 0 Å². The third-order valence-electron chi connectivity index (χ3n) is 4.89. The Bertz CT molecular complexity index is 1070. The van der Waals surface area contributed by atoms with Gasteiger partial charge in [0.05, 0.1) is 22.6 Å². The van der Waals surface area contributed by atoms with Crippen molar-refractivity contribution in [2.75, 3.05) is 36.0 Å². The van der Waals surface area contributed by atoms with Crippen molar-refractivity contribution in [1.29, 1.82) is 5.26 Å². The van der Waals surface area contributed by atoms with E-state index in [-0.39, 0.29) is 29.2 Å². The van der Waals surface area contributed by atoms with E-state index in [0.717, 1.165) is 0 Å². The first-order valence-electron chi connectivity index (χ1n) is 9.65. The number of hydrogen-bond acceptors (Lipinski definition) is 8. The highest BCUT2D eigenvalue weighted by Gasteiger charge is 2.25. The van der Waals surface area contributed by atoms with Gasteiger partial charge in [-0.25, -0.2) is 14.2 Å². The van der Waals surface area contributed by atoms with E-state index < -0.39 is 17.8 Å². The lowest BCUT2D eigenvalue weighted by Crippen LogP contribution is -2.47. The van der Waals surface area contributed by atoms with Crippen molar-refractivity contribution in [3.8, 4) is 6.07 Å². The Morgan fingerprint density at radius 3 is 2.44 bits per heavy atom. The lowest BCUT2D eigenvalue weighted by atomic mass is 10.1. The maximum atomic E-state index is 15.2. The normalized spacial score (nSPS) is 13.2. The van der Waals surface area contributed by atoms with Gasteiger partial charge in [-0.1, -0.05) is 12.6 Å². The molecule has 0 saturated carbocycles. The Morgan fingerprint density at radius 2 is 1.88 bits per heavy atom. The number of nitrogens with zero attached hydrogens (tertiary/aromatic N) is 4. The summed E-state index contributed by atoms with van der Waals surface area (Å²) >= 11 is 0. The quantitative estimate of drug-likeness (QED) is 0.607. The van der Waals surface area contributed by atoms with Gasteiger partial charge in [-0.3, -0.25) is 10.1 Å². The number of amides is 2. The zero-order valence-electron chi connectivity index (χ0n) is 17.2. The van der Waals surface area contributed by atoms with Crippen molar-refractivity contribution in [2.45, 2.75) is 6.61 Å². The highest BCUT2D eigenvalue weighted by atomic mass is 19.1. The monoisotopic (exact) mass is 439 g/mol. The summed E-state index contributed by atoms with van der Waals surface area (Å²) in [5.41, 5.74) is 11.3. The van der Waals surface area contributed by atoms with Crippen LogP contribution < -0.4 is 26.6 Å². The van der Waals surface area contributed by atoms with Crippen LogP contribution in [0.3, 0.4) is 0 Å². The van der Waals surface area contributed by atoms with Crippen LogP contribution in [-0.4, -0.2) is 43.2 Å². The van der Waals surface area contributed by atoms with Gasteiger partial charge in [0.15, 0.2) is 5.82 Å². The number of nitrogens with two attached hydrogens (primary N) is 2. The van der Waals surface area contributed by atoms with Crippen LogP contribution in [0.15, 0.2) is 42.9 Å². The Balaban J connectivity index is 1.72. The Morgan fingerprint density at radius 1 is 1.19 bits per heavy atom. The lowest BCUT2D eigenvalue weighted by Gasteiger charge is -2.37. The molecule has 1 aromatic carbocycles. The SMILES string of the molecule is C=C(N)NC(=O)OCc1ccc(C#N)c(N2CCN(c3ccc(C(N)=O)cn3)CC2)c1F. The molecule has 0 bridgehead atoms. The zero-order valence-corrected chi connectivity index (χ0v) is 17.2. The molecule has 0 unspecified atom stereocenters. The van der Waals surface area contributed by atoms with Crippen molar-refractivity contribution in [3.63, 3.8) is 0 Å². The molecule has 0 atom stereocenters. The minimum atomic E-state index is -0.855. The molecule has 1 aliphatic rings. The van der Waals surface area contributed by atoms with Crippen LogP contribution >= 0.6 is 0 Å². The molecule has 0 radical (unpaired) electrons. The summed E-state index contributed by atoms with van der Waals surface area (Å²) in [6.45, 7) is 4.90. The molecule has 11 heteroatoms. The first-order chi connectivity index (χ1) is 15.3. The Kier molecular flexibility index (Phi) is 6.74. The van der Waals surface area contributed by atoms with Gasteiger partial charge in [0, 0.05) is 37.9 Å². The lowest BCUT2D eigenvalue weighted by molar-refractivity contribution is 0.1000. The van der Waals surface area contributed by atoms with Gasteiger partial charge >= 0.3 is 6.09 Å². The summed E-state index contributed by atoms with van der Waals surface area (Å²) < 4.78 is 20.2. The van der Waals surface area contributed by atoms with Crippen LogP contribution in [0.25, 0.3) is 0 Å². The van der Waals surface area contributed by atoms with Crippen LogP contribution in [0.5, 0.6) is 0 Å². The van der Waals surface area contributed by atoms with Gasteiger partial charge in [-0.2, -0.15) is 5.26 Å². The number of rotatable bonds is 6. The van der Waals surface area contributed by atoms with Crippen LogP contribution in [0.4, 0.5) is 20.7 Å². The van der Waals surface area contributed by atoms with Gasteiger partial charge in [0.1, 0.15) is 18.5 Å². The van der Waals surface area contributed by atoms with Crippen LogP contribution in [0.2, 0.25) is 0 Å². The third kappa shape index (κ3) is 5.04. The average Bonchev–Trinajstić information content (AvgIpc) is 2.77. The molecule has 166 valence electrons. The fraction of sp³-hybridized carbons (Fsp3) is 0.238. The minimum Gasteiger partial charge on any atom is -0.444 e. The number of primary amides is 1. The molecule has 1 aliphatic heterocycles. The molecular formula is C21H22FN7O3. The number of nitrogens with one attached hydrogen (secondary N) is 1. The van der Waals surface area contributed by atoms with E-state index in [2.05, 4.69) is 16.9 Å². The molecule has 1 fully saturated rings. The Labute approximate surface area is 183 Å². The number of anilines is 2. The van der Waals surface area contributed by atoms with Crippen molar-refractivity contribution in [1.82, 2.24) is 10.3 Å². The molecule has 0 aliphatic carbocycles. The second-order valence-electron chi connectivity index (χ2n) is 7.02. The Hall–Kier alpha value is -4.33. The summed E-state index contributed by atoms with van der Waals surface area (Å²) in [4.78, 5) is 30.8. The van der Waals surface area contributed by atoms with Crippen molar-refractivity contribution >= 4 is 23.5 Å². The van der Waals surface area contributed by atoms with Gasteiger partial charge in [0.25, 0.3) is 0 Å². The summed E-state index contributed by atoms with van der Waals surface area (Å²) in [6, 6.07) is 8.22. The molecule has 2 heterocycles. The molecule has 0 spiro atoms. The number of pyridine rings is 1. The van der Waals surface area contributed by atoms with E-state index in [0.29, 0.717) is 37.6 Å². The number of carbonyl (C=O) groups excluding carboxylic acids is 2. The maximum absolute atomic E-state index is 15.2. The predicted octanol–water partition coefficient (Wildman–Crippen LogP) is 1.17. The fourth-order valence-electron chi connectivity index (χ4n) is 3.31. The van der Waals surface area contributed by atoms with Crippen LogP contribution in [0.1, 0.15) is 21.5 Å². The summed E-state index contributed by atoms with van der Waals surface area (Å²) in [5.74, 6) is -0.596. The largest absolute Gasteiger partial charge is 0.444 e. The number of hydrogen-bond donors (Lipinski definition) is 3. The predicted molar refractivity (Wildman–Crippen MR) is 115 cm³/mol. The molecule has 5 N–H and O–H groups in total. The van der Waals surface area contributed by atoms with Gasteiger partial charge < -0.3 is 26.0 Å². The summed E-state index contributed by atoms with van der Waals surface area (Å²) in [6.07, 6.45) is 0.558. The highest BCUT2D eigenvalue weighted by molar-refractivity contribution is 5.92. The molecule has 3 rings (SSSR count). The first kappa shape index (κ1) is 22.4. The number of aromatic nitrogens is 1. The number of ether oxygens (including phenoxy) is 1. The molecule has 2 aromatic rings. The van der Waals surface area contributed by atoms with Crippen molar-refractivity contribution in [2.24, 2.45) is 11.5 Å². The number of nitriles is 1. The fourth-order valence-corrected chi connectivity index (χ4v) is 3.31. The van der Waals surface area contributed by atoms with E-state index in [1.807, 2.05) is 11.0 Å². The van der Waals surface area contributed by atoms with Crippen molar-refractivity contribution in [3.05, 3.63) is 65.4 Å². The minimum absolute atomic E-state index is 0.0902. The van der Waals surface area contributed by atoms with E-state index in [1.165, 1.54) is 18.3 Å². The topological polar surface area (TPSA) is 151 Å². The van der Waals surface area contributed by atoms with Gasteiger partial charge in [-0.05, 0) is 18.2 Å². The molecule has 32 heavy (non-hydrogen) atoms.